The van der Waals surface area contributed by atoms with Crippen molar-refractivity contribution in [1.82, 2.24) is 19.9 Å². The van der Waals surface area contributed by atoms with Gasteiger partial charge < -0.3 is 5.32 Å². The summed E-state index contributed by atoms with van der Waals surface area (Å²) in [5, 5.41) is 8.99. The molecule has 0 fully saturated rings. The van der Waals surface area contributed by atoms with E-state index >= 15 is 0 Å². The van der Waals surface area contributed by atoms with E-state index in [2.05, 4.69) is 15.5 Å². The van der Waals surface area contributed by atoms with Crippen molar-refractivity contribution < 1.29 is 4.79 Å². The summed E-state index contributed by atoms with van der Waals surface area (Å²) >= 11 is 0. The Morgan fingerprint density at radius 2 is 2.41 bits per heavy atom. The van der Waals surface area contributed by atoms with Crippen molar-refractivity contribution in [3.8, 4) is 0 Å². The molecule has 0 saturated heterocycles. The van der Waals surface area contributed by atoms with E-state index in [1.807, 2.05) is 13.8 Å². The standard InChI is InChI=1S/C11H14N4O2/c1-3-7(2)12-10(16)8-5-4-6-15-9(8)13-14-11(15)17/h4-7H,3H2,1-2H3,(H,12,16)(H,14,17). The second-order valence-corrected chi connectivity index (χ2v) is 3.93. The van der Waals surface area contributed by atoms with Crippen LogP contribution in [0.2, 0.25) is 0 Å². The highest BCUT2D eigenvalue weighted by Gasteiger charge is 2.14. The van der Waals surface area contributed by atoms with Crippen molar-refractivity contribution >= 4 is 11.6 Å². The molecule has 0 bridgehead atoms. The van der Waals surface area contributed by atoms with Crippen LogP contribution in [0.25, 0.3) is 5.65 Å². The highest BCUT2D eigenvalue weighted by atomic mass is 16.2. The largest absolute Gasteiger partial charge is 0.349 e. The summed E-state index contributed by atoms with van der Waals surface area (Å²) < 4.78 is 1.31. The van der Waals surface area contributed by atoms with Crippen LogP contribution >= 0.6 is 0 Å². The first kappa shape index (κ1) is 11.4. The fraction of sp³-hybridized carbons (Fsp3) is 0.364. The number of fused-ring (bicyclic) bond motifs is 1. The summed E-state index contributed by atoms with van der Waals surface area (Å²) in [5.74, 6) is -0.219. The van der Waals surface area contributed by atoms with Crippen LogP contribution in [0.3, 0.4) is 0 Å². The summed E-state index contributed by atoms with van der Waals surface area (Å²) in [6.45, 7) is 3.92. The Morgan fingerprint density at radius 1 is 1.65 bits per heavy atom. The van der Waals surface area contributed by atoms with Gasteiger partial charge in [0.25, 0.3) is 5.91 Å². The van der Waals surface area contributed by atoms with E-state index in [0.29, 0.717) is 11.2 Å². The third kappa shape index (κ3) is 2.06. The Labute approximate surface area is 97.7 Å². The molecule has 0 radical (unpaired) electrons. The first-order valence-electron chi connectivity index (χ1n) is 5.50. The van der Waals surface area contributed by atoms with Gasteiger partial charge in [-0.3, -0.25) is 4.79 Å². The topological polar surface area (TPSA) is 79.3 Å². The predicted molar refractivity (Wildman–Crippen MR) is 63.0 cm³/mol. The van der Waals surface area contributed by atoms with Crippen LogP contribution in [-0.4, -0.2) is 26.5 Å². The summed E-state index contributed by atoms with van der Waals surface area (Å²) in [7, 11) is 0. The first-order chi connectivity index (χ1) is 8.13. The molecule has 0 spiro atoms. The molecule has 1 amide bonds. The number of pyridine rings is 1. The maximum atomic E-state index is 12.0. The van der Waals surface area contributed by atoms with E-state index in [1.54, 1.807) is 18.3 Å². The molecule has 1 atom stereocenters. The van der Waals surface area contributed by atoms with Gasteiger partial charge in [0.1, 0.15) is 0 Å². The molecule has 2 N–H and O–H groups in total. The lowest BCUT2D eigenvalue weighted by Gasteiger charge is -2.11. The van der Waals surface area contributed by atoms with Crippen molar-refractivity contribution in [3.05, 3.63) is 34.4 Å². The van der Waals surface area contributed by atoms with Gasteiger partial charge in [-0.05, 0) is 25.5 Å². The maximum absolute atomic E-state index is 12.0. The molecular weight excluding hydrogens is 220 g/mol. The molecule has 6 heteroatoms. The normalized spacial score (nSPS) is 12.6. The molecule has 0 aromatic carbocycles. The molecule has 17 heavy (non-hydrogen) atoms. The number of rotatable bonds is 3. The van der Waals surface area contributed by atoms with Gasteiger partial charge >= 0.3 is 5.69 Å². The highest BCUT2D eigenvalue weighted by molar-refractivity contribution is 5.99. The smallest absolute Gasteiger partial charge is 0.347 e. The Kier molecular flexibility index (Phi) is 2.95. The van der Waals surface area contributed by atoms with Crippen molar-refractivity contribution in [2.75, 3.05) is 0 Å². The predicted octanol–water partition coefficient (Wildman–Crippen LogP) is 0.551. The first-order valence-corrected chi connectivity index (χ1v) is 5.50. The second-order valence-electron chi connectivity index (χ2n) is 3.93. The number of aromatic amines is 1. The van der Waals surface area contributed by atoms with Crippen molar-refractivity contribution in [1.29, 1.82) is 0 Å². The number of hydrogen-bond donors (Lipinski definition) is 2. The number of carbonyl (C=O) groups is 1. The summed E-state index contributed by atoms with van der Waals surface area (Å²) in [5.41, 5.74) is 0.391. The number of carbonyl (C=O) groups excluding carboxylic acids is 1. The molecule has 2 aromatic rings. The minimum Gasteiger partial charge on any atom is -0.349 e. The van der Waals surface area contributed by atoms with Crippen LogP contribution in [0, 0.1) is 0 Å². The second kappa shape index (κ2) is 4.40. The zero-order chi connectivity index (χ0) is 12.4. The average molecular weight is 234 g/mol. The SMILES string of the molecule is CCC(C)NC(=O)c1cccn2c(=O)[nH]nc12. The van der Waals surface area contributed by atoms with E-state index in [4.69, 9.17) is 0 Å². The molecule has 0 saturated carbocycles. The zero-order valence-corrected chi connectivity index (χ0v) is 9.73. The number of H-pyrrole nitrogens is 1. The number of nitrogens with one attached hydrogen (secondary N) is 2. The molecule has 90 valence electrons. The van der Waals surface area contributed by atoms with Gasteiger partial charge in [-0.25, -0.2) is 14.3 Å². The molecule has 1 unspecified atom stereocenters. The van der Waals surface area contributed by atoms with Crippen molar-refractivity contribution in [2.24, 2.45) is 0 Å². The lowest BCUT2D eigenvalue weighted by Crippen LogP contribution is -2.32. The van der Waals surface area contributed by atoms with Gasteiger partial charge in [0, 0.05) is 12.2 Å². The third-order valence-electron chi connectivity index (χ3n) is 2.68. The molecule has 0 aliphatic heterocycles. The average Bonchev–Trinajstić information content (AvgIpc) is 2.71. The lowest BCUT2D eigenvalue weighted by molar-refractivity contribution is 0.0940. The molecule has 0 aliphatic carbocycles. The third-order valence-corrected chi connectivity index (χ3v) is 2.68. The monoisotopic (exact) mass is 234 g/mol. The van der Waals surface area contributed by atoms with Gasteiger partial charge in [0.2, 0.25) is 0 Å². The van der Waals surface area contributed by atoms with E-state index in [9.17, 15) is 9.59 Å². The molecule has 6 nitrogen and oxygen atoms in total. The van der Waals surface area contributed by atoms with Crippen LogP contribution in [0.5, 0.6) is 0 Å². The van der Waals surface area contributed by atoms with Gasteiger partial charge in [0.05, 0.1) is 5.56 Å². The fourth-order valence-corrected chi connectivity index (χ4v) is 1.51. The summed E-state index contributed by atoms with van der Waals surface area (Å²) in [4.78, 5) is 23.3. The van der Waals surface area contributed by atoms with Crippen LogP contribution in [0.1, 0.15) is 30.6 Å². The van der Waals surface area contributed by atoms with Crippen LogP contribution in [0.15, 0.2) is 23.1 Å². The van der Waals surface area contributed by atoms with Crippen LogP contribution in [-0.2, 0) is 0 Å². The van der Waals surface area contributed by atoms with Crippen molar-refractivity contribution in [2.45, 2.75) is 26.3 Å². The van der Waals surface area contributed by atoms with Crippen molar-refractivity contribution in [3.63, 3.8) is 0 Å². The minimum absolute atomic E-state index is 0.0911. The van der Waals surface area contributed by atoms with Gasteiger partial charge in [-0.1, -0.05) is 6.92 Å². The molecule has 2 aromatic heterocycles. The number of aromatic nitrogens is 3. The van der Waals surface area contributed by atoms with E-state index < -0.39 is 0 Å². The minimum atomic E-state index is -0.349. The highest BCUT2D eigenvalue weighted by Crippen LogP contribution is 2.06. The van der Waals surface area contributed by atoms with Gasteiger partial charge in [-0.2, -0.15) is 5.10 Å². The number of hydrogen-bond acceptors (Lipinski definition) is 3. The fourth-order valence-electron chi connectivity index (χ4n) is 1.51. The van der Waals surface area contributed by atoms with Gasteiger partial charge in [-0.15, -0.1) is 0 Å². The molecule has 2 heterocycles. The van der Waals surface area contributed by atoms with E-state index in [0.717, 1.165) is 6.42 Å². The molecule has 2 rings (SSSR count). The Hall–Kier alpha value is -2.11. The Morgan fingerprint density at radius 3 is 3.12 bits per heavy atom. The lowest BCUT2D eigenvalue weighted by atomic mass is 10.2. The maximum Gasteiger partial charge on any atom is 0.347 e. The quantitative estimate of drug-likeness (QED) is 0.814. The Balaban J connectivity index is 2.42. The summed E-state index contributed by atoms with van der Waals surface area (Å²) in [6.07, 6.45) is 2.42. The Bertz CT molecular complexity index is 599. The van der Waals surface area contributed by atoms with Crippen LogP contribution in [0.4, 0.5) is 0 Å². The number of nitrogens with zero attached hydrogens (tertiary/aromatic N) is 2. The van der Waals surface area contributed by atoms with E-state index in [1.165, 1.54) is 4.40 Å². The molecule has 0 aliphatic rings. The van der Waals surface area contributed by atoms with E-state index in [-0.39, 0.29) is 17.6 Å². The summed E-state index contributed by atoms with van der Waals surface area (Å²) in [6, 6.07) is 3.39. The zero-order valence-electron chi connectivity index (χ0n) is 9.73. The van der Waals surface area contributed by atoms with Gasteiger partial charge in [0.15, 0.2) is 5.65 Å². The molecular formula is C11H14N4O2. The van der Waals surface area contributed by atoms with Crippen LogP contribution < -0.4 is 11.0 Å². The number of amides is 1.